The zero-order chi connectivity index (χ0) is 8.97. The van der Waals surface area contributed by atoms with E-state index in [9.17, 15) is 10.1 Å². The van der Waals surface area contributed by atoms with Crippen LogP contribution in [0.15, 0.2) is 6.20 Å². The normalized spacial score (nSPS) is 10.1. The largest absolute Gasteiger partial charge is 0.358 e. The molecule has 0 spiro atoms. The molecule has 0 saturated heterocycles. The van der Waals surface area contributed by atoms with E-state index in [4.69, 9.17) is 0 Å². The van der Waals surface area contributed by atoms with E-state index in [0.29, 0.717) is 12.0 Å². The lowest BCUT2D eigenvalue weighted by molar-refractivity contribution is -0.390. The van der Waals surface area contributed by atoms with E-state index in [0.717, 1.165) is 12.2 Å². The van der Waals surface area contributed by atoms with Crippen LogP contribution in [0.25, 0.3) is 0 Å². The molecule has 66 valence electrons. The molecule has 0 amide bonds. The maximum Gasteiger partial charge on any atom is 0.345 e. The van der Waals surface area contributed by atoms with Gasteiger partial charge < -0.3 is 10.1 Å². The van der Waals surface area contributed by atoms with Crippen molar-refractivity contribution in [3.8, 4) is 0 Å². The highest BCUT2D eigenvalue weighted by Crippen LogP contribution is 2.15. The third-order valence-corrected chi connectivity index (χ3v) is 1.80. The second-order valence-corrected chi connectivity index (χ2v) is 2.78. The monoisotopic (exact) mass is 187 g/mol. The summed E-state index contributed by atoms with van der Waals surface area (Å²) in [4.78, 5) is 9.90. The zero-order valence-corrected chi connectivity index (χ0v) is 7.25. The van der Waals surface area contributed by atoms with Crippen molar-refractivity contribution in [2.24, 2.45) is 0 Å². The van der Waals surface area contributed by atoms with Gasteiger partial charge in [0.2, 0.25) is 0 Å². The van der Waals surface area contributed by atoms with Gasteiger partial charge in [-0.05, 0) is 23.5 Å². The van der Waals surface area contributed by atoms with Gasteiger partial charge in [-0.2, -0.15) is 12.6 Å². The number of aromatic amines is 1. The fourth-order valence-corrected chi connectivity index (χ4v) is 1.07. The summed E-state index contributed by atoms with van der Waals surface area (Å²) in [5.74, 6) is 0.722. The Kier molecular flexibility index (Phi) is 3.09. The number of rotatable bonds is 4. The zero-order valence-electron chi connectivity index (χ0n) is 6.36. The number of nitrogens with one attached hydrogen (secondary N) is 1. The van der Waals surface area contributed by atoms with E-state index >= 15 is 0 Å². The van der Waals surface area contributed by atoms with Gasteiger partial charge in [-0.1, -0.05) is 5.10 Å². The molecule has 6 heteroatoms. The first kappa shape index (κ1) is 9.05. The second-order valence-electron chi connectivity index (χ2n) is 2.33. The minimum atomic E-state index is -0.457. The molecule has 0 fully saturated rings. The minimum Gasteiger partial charge on any atom is -0.358 e. The first-order chi connectivity index (χ1) is 5.75. The number of aryl methyl sites for hydroxylation is 1. The van der Waals surface area contributed by atoms with Gasteiger partial charge in [0.25, 0.3) is 0 Å². The number of nitrogens with zero attached hydrogens (tertiary/aromatic N) is 2. The Hall–Kier alpha value is -1.04. The summed E-state index contributed by atoms with van der Waals surface area (Å²) in [5, 5.41) is 16.3. The third-order valence-electron chi connectivity index (χ3n) is 1.48. The Balaban J connectivity index is 2.70. The molecule has 0 atom stereocenters. The molecule has 0 aromatic carbocycles. The van der Waals surface area contributed by atoms with Gasteiger partial charge in [0.1, 0.15) is 0 Å². The summed E-state index contributed by atoms with van der Waals surface area (Å²) in [7, 11) is 0. The number of aromatic nitrogens is 2. The molecule has 0 aliphatic rings. The van der Waals surface area contributed by atoms with Crippen molar-refractivity contribution in [1.29, 1.82) is 0 Å². The van der Waals surface area contributed by atoms with Crippen molar-refractivity contribution in [3.63, 3.8) is 0 Å². The van der Waals surface area contributed by atoms with E-state index in [-0.39, 0.29) is 5.82 Å². The van der Waals surface area contributed by atoms with Gasteiger partial charge >= 0.3 is 5.82 Å². The van der Waals surface area contributed by atoms with Gasteiger partial charge in [-0.3, -0.25) is 0 Å². The summed E-state index contributed by atoms with van der Waals surface area (Å²) < 4.78 is 0. The van der Waals surface area contributed by atoms with Crippen LogP contribution in [-0.2, 0) is 6.42 Å². The molecule has 0 aliphatic carbocycles. The average Bonchev–Trinajstić information content (AvgIpc) is 2.48. The second kappa shape index (κ2) is 4.10. The fraction of sp³-hybridized carbons (Fsp3) is 0.500. The predicted octanol–water partition coefficient (Wildman–Crippen LogP) is 1.18. The molecule has 1 N–H and O–H groups in total. The Bertz CT molecular complexity index is 274. The van der Waals surface area contributed by atoms with E-state index in [2.05, 4.69) is 22.8 Å². The van der Waals surface area contributed by atoms with Crippen molar-refractivity contribution in [3.05, 3.63) is 21.9 Å². The van der Waals surface area contributed by atoms with Gasteiger partial charge in [0, 0.05) is 0 Å². The highest BCUT2D eigenvalue weighted by atomic mass is 32.1. The fourth-order valence-electron chi connectivity index (χ4n) is 0.915. The standard InChI is InChI=1S/C6H9N3O2S/c10-9(11)6-5(2-1-3-12)4-7-8-6/h4,12H,1-3H2,(H,7,8). The van der Waals surface area contributed by atoms with E-state index in [1.165, 1.54) is 6.20 Å². The van der Waals surface area contributed by atoms with E-state index in [1.807, 2.05) is 0 Å². The molecule has 0 aliphatic heterocycles. The smallest absolute Gasteiger partial charge is 0.345 e. The lowest BCUT2D eigenvalue weighted by Gasteiger charge is -1.94. The molecule has 1 heterocycles. The van der Waals surface area contributed by atoms with Crippen LogP contribution >= 0.6 is 12.6 Å². The summed E-state index contributed by atoms with van der Waals surface area (Å²) in [6.07, 6.45) is 2.96. The number of nitro groups is 1. The third kappa shape index (κ3) is 1.97. The molecule has 1 aromatic heterocycles. The van der Waals surface area contributed by atoms with Crippen LogP contribution in [-0.4, -0.2) is 20.9 Å². The van der Waals surface area contributed by atoms with Gasteiger partial charge in [0.05, 0.1) is 11.8 Å². The molecule has 0 unspecified atom stereocenters. The van der Waals surface area contributed by atoms with Crippen molar-refractivity contribution in [2.75, 3.05) is 5.75 Å². The SMILES string of the molecule is O=[N+]([O-])c1[nH]ncc1CCCS. The Labute approximate surface area is 74.7 Å². The van der Waals surface area contributed by atoms with E-state index in [1.54, 1.807) is 0 Å². The highest BCUT2D eigenvalue weighted by Gasteiger charge is 2.13. The molecule has 5 nitrogen and oxygen atoms in total. The quantitative estimate of drug-likeness (QED) is 0.422. The minimum absolute atomic E-state index is 0.00298. The van der Waals surface area contributed by atoms with Crippen LogP contribution in [0.1, 0.15) is 12.0 Å². The molecular weight excluding hydrogens is 178 g/mol. The van der Waals surface area contributed by atoms with Crippen molar-refractivity contribution in [2.45, 2.75) is 12.8 Å². The number of hydrogen-bond acceptors (Lipinski definition) is 4. The Morgan fingerprint density at radius 2 is 2.50 bits per heavy atom. The number of hydrogen-bond donors (Lipinski definition) is 2. The summed E-state index contributed by atoms with van der Waals surface area (Å²) in [6.45, 7) is 0. The maximum absolute atomic E-state index is 10.4. The lowest BCUT2D eigenvalue weighted by Crippen LogP contribution is -1.93. The van der Waals surface area contributed by atoms with Crippen molar-refractivity contribution in [1.82, 2.24) is 10.2 Å². The predicted molar refractivity (Wildman–Crippen MR) is 47.4 cm³/mol. The van der Waals surface area contributed by atoms with Crippen LogP contribution in [0.4, 0.5) is 5.82 Å². The maximum atomic E-state index is 10.4. The molecule has 0 saturated carbocycles. The highest BCUT2D eigenvalue weighted by molar-refractivity contribution is 7.80. The lowest BCUT2D eigenvalue weighted by atomic mass is 10.2. The summed E-state index contributed by atoms with van der Waals surface area (Å²) in [6, 6.07) is 0. The van der Waals surface area contributed by atoms with Gasteiger partial charge in [-0.15, -0.1) is 5.10 Å². The first-order valence-electron chi connectivity index (χ1n) is 3.53. The van der Waals surface area contributed by atoms with Gasteiger partial charge in [-0.25, -0.2) is 0 Å². The Morgan fingerprint density at radius 3 is 3.08 bits per heavy atom. The van der Waals surface area contributed by atoms with Crippen molar-refractivity contribution < 1.29 is 4.92 Å². The summed E-state index contributed by atoms with van der Waals surface area (Å²) in [5.41, 5.74) is 0.647. The molecule has 1 aromatic rings. The summed E-state index contributed by atoms with van der Waals surface area (Å²) >= 11 is 4.02. The molecule has 0 radical (unpaired) electrons. The van der Waals surface area contributed by atoms with Crippen LogP contribution in [0.2, 0.25) is 0 Å². The molecule has 0 bridgehead atoms. The first-order valence-corrected chi connectivity index (χ1v) is 4.16. The average molecular weight is 187 g/mol. The van der Waals surface area contributed by atoms with Gasteiger partial charge in [0.15, 0.2) is 0 Å². The van der Waals surface area contributed by atoms with E-state index < -0.39 is 4.92 Å². The van der Waals surface area contributed by atoms with Crippen LogP contribution in [0.5, 0.6) is 0 Å². The topological polar surface area (TPSA) is 71.8 Å². The van der Waals surface area contributed by atoms with Crippen LogP contribution in [0.3, 0.4) is 0 Å². The number of thiol groups is 1. The van der Waals surface area contributed by atoms with Crippen molar-refractivity contribution >= 4 is 18.4 Å². The molecule has 12 heavy (non-hydrogen) atoms. The van der Waals surface area contributed by atoms with Crippen LogP contribution in [0, 0.1) is 10.1 Å². The Morgan fingerprint density at radius 1 is 1.75 bits per heavy atom. The molecular formula is C6H9N3O2S. The molecule has 1 rings (SSSR count). The number of H-pyrrole nitrogens is 1. The van der Waals surface area contributed by atoms with Crippen LogP contribution < -0.4 is 0 Å².